The zero-order valence-electron chi connectivity index (χ0n) is 14.9. The van der Waals surface area contributed by atoms with Gasteiger partial charge in [0.15, 0.2) is 5.84 Å². The number of amides is 1. The Morgan fingerprint density at radius 1 is 1.12 bits per heavy atom. The summed E-state index contributed by atoms with van der Waals surface area (Å²) >= 11 is 0. The molecule has 2 aliphatic rings. The lowest BCUT2D eigenvalue weighted by molar-refractivity contribution is -0.106. The highest BCUT2D eigenvalue weighted by Gasteiger charge is 2.49. The molecule has 0 atom stereocenters. The Morgan fingerprint density at radius 3 is 2.46 bits per heavy atom. The van der Waals surface area contributed by atoms with Gasteiger partial charge in [0.25, 0.3) is 5.91 Å². The number of hydrogen-bond acceptors (Lipinski definition) is 4. The molecule has 0 unspecified atom stereocenters. The molecule has 4 rings (SSSR count). The lowest BCUT2D eigenvalue weighted by atomic mass is 10.1. The van der Waals surface area contributed by atoms with Crippen molar-refractivity contribution in [3.8, 4) is 0 Å². The third-order valence-corrected chi connectivity index (χ3v) is 5.18. The van der Waals surface area contributed by atoms with E-state index < -0.39 is 5.72 Å². The number of rotatable bonds is 4. The lowest BCUT2D eigenvalue weighted by Crippen LogP contribution is -2.56. The highest BCUT2D eigenvalue weighted by Crippen LogP contribution is 2.40. The molecule has 5 nitrogen and oxygen atoms in total. The van der Waals surface area contributed by atoms with E-state index in [2.05, 4.69) is 17.5 Å². The van der Waals surface area contributed by atoms with Crippen LogP contribution in [-0.2, 0) is 11.3 Å². The molecule has 2 aromatic carbocycles. The minimum Gasteiger partial charge on any atom is -0.363 e. The average Bonchev–Trinajstić information content (AvgIpc) is 3.31. The number of carbonyl (C=O) groups is 1. The predicted octanol–water partition coefficient (Wildman–Crippen LogP) is 3.86. The molecule has 5 heteroatoms. The van der Waals surface area contributed by atoms with Crippen LogP contribution in [0.5, 0.6) is 0 Å². The quantitative estimate of drug-likeness (QED) is 0.912. The van der Waals surface area contributed by atoms with Crippen molar-refractivity contribution in [3.05, 3.63) is 71.3 Å². The Hall–Kier alpha value is -2.82. The van der Waals surface area contributed by atoms with Crippen molar-refractivity contribution in [2.75, 3.05) is 0 Å². The van der Waals surface area contributed by atoms with E-state index in [1.165, 1.54) is 5.56 Å². The van der Waals surface area contributed by atoms with Crippen molar-refractivity contribution in [3.63, 3.8) is 0 Å². The standard InChI is InChI=1S/C21H23N3O2/c1-2-16-10-12-18(13-11-16)20(25)22-24-19(17-8-4-3-5-9-17)23-26-21(24)14-6-7-15-21/h3-5,8-13H,2,6-7,14-15H2,1H3,(H,22,25). The highest BCUT2D eigenvalue weighted by molar-refractivity contribution is 6.02. The van der Waals surface area contributed by atoms with Crippen molar-refractivity contribution in [1.82, 2.24) is 10.4 Å². The molecule has 1 spiro atoms. The summed E-state index contributed by atoms with van der Waals surface area (Å²) in [7, 11) is 0. The molecule has 0 saturated heterocycles. The van der Waals surface area contributed by atoms with Crippen molar-refractivity contribution in [2.24, 2.45) is 5.16 Å². The van der Waals surface area contributed by atoms with E-state index in [4.69, 9.17) is 4.84 Å². The maximum Gasteiger partial charge on any atom is 0.269 e. The van der Waals surface area contributed by atoms with Crippen molar-refractivity contribution >= 4 is 11.7 Å². The first-order valence-electron chi connectivity index (χ1n) is 9.24. The number of hydrazine groups is 1. The van der Waals surface area contributed by atoms with E-state index >= 15 is 0 Å². The second kappa shape index (κ2) is 6.83. The van der Waals surface area contributed by atoms with Crippen LogP contribution in [0, 0.1) is 0 Å². The smallest absolute Gasteiger partial charge is 0.269 e. The van der Waals surface area contributed by atoms with Crippen molar-refractivity contribution < 1.29 is 9.63 Å². The molecule has 1 saturated carbocycles. The van der Waals surface area contributed by atoms with Crippen LogP contribution in [-0.4, -0.2) is 22.5 Å². The third kappa shape index (κ3) is 2.94. The van der Waals surface area contributed by atoms with Gasteiger partial charge in [-0.15, -0.1) is 0 Å². The van der Waals surface area contributed by atoms with Crippen molar-refractivity contribution in [2.45, 2.75) is 44.8 Å². The predicted molar refractivity (Wildman–Crippen MR) is 100 cm³/mol. The van der Waals surface area contributed by atoms with Crippen LogP contribution >= 0.6 is 0 Å². The fraction of sp³-hybridized carbons (Fsp3) is 0.333. The van der Waals surface area contributed by atoms with Gasteiger partial charge in [-0.1, -0.05) is 54.5 Å². The number of aryl methyl sites for hydroxylation is 1. The normalized spacial score (nSPS) is 17.9. The molecule has 0 radical (unpaired) electrons. The summed E-state index contributed by atoms with van der Waals surface area (Å²) in [6.07, 6.45) is 4.78. The van der Waals surface area contributed by atoms with Crippen LogP contribution in [0.15, 0.2) is 59.8 Å². The first-order valence-corrected chi connectivity index (χ1v) is 9.24. The number of nitrogens with one attached hydrogen (secondary N) is 1. The van der Waals surface area contributed by atoms with Gasteiger partial charge in [-0.2, -0.15) is 0 Å². The van der Waals surface area contributed by atoms with Gasteiger partial charge in [0.1, 0.15) is 0 Å². The zero-order valence-corrected chi connectivity index (χ0v) is 14.9. The van der Waals surface area contributed by atoms with Gasteiger partial charge in [0.05, 0.1) is 0 Å². The molecule has 0 bridgehead atoms. The molecule has 1 aliphatic carbocycles. The summed E-state index contributed by atoms with van der Waals surface area (Å²) in [5.74, 6) is 0.513. The second-order valence-electron chi connectivity index (χ2n) is 6.85. The Bertz CT molecular complexity index is 809. The third-order valence-electron chi connectivity index (χ3n) is 5.18. The van der Waals surface area contributed by atoms with E-state index in [9.17, 15) is 4.79 Å². The van der Waals surface area contributed by atoms with Gasteiger partial charge >= 0.3 is 0 Å². The van der Waals surface area contributed by atoms with E-state index in [0.717, 1.165) is 37.7 Å². The summed E-state index contributed by atoms with van der Waals surface area (Å²) in [5.41, 5.74) is 5.26. The van der Waals surface area contributed by atoms with Gasteiger partial charge < -0.3 is 4.84 Å². The summed E-state index contributed by atoms with van der Waals surface area (Å²) in [5, 5.41) is 6.16. The first kappa shape index (κ1) is 16.6. The highest BCUT2D eigenvalue weighted by atomic mass is 16.7. The Labute approximate surface area is 153 Å². The Morgan fingerprint density at radius 2 is 1.81 bits per heavy atom. The topological polar surface area (TPSA) is 53.9 Å². The van der Waals surface area contributed by atoms with Gasteiger partial charge in [0, 0.05) is 24.0 Å². The number of hydrogen-bond donors (Lipinski definition) is 1. The molecule has 1 aliphatic heterocycles. The van der Waals surface area contributed by atoms with Gasteiger partial charge in [0.2, 0.25) is 5.72 Å². The van der Waals surface area contributed by atoms with Gasteiger partial charge in [-0.25, -0.2) is 5.01 Å². The zero-order chi connectivity index (χ0) is 18.0. The summed E-state index contributed by atoms with van der Waals surface area (Å²) in [4.78, 5) is 18.7. The fourth-order valence-corrected chi connectivity index (χ4v) is 3.63. The number of oxime groups is 1. The first-order chi connectivity index (χ1) is 12.7. The monoisotopic (exact) mass is 349 g/mol. The molecular weight excluding hydrogens is 326 g/mol. The Balaban J connectivity index is 1.61. The van der Waals surface area contributed by atoms with Gasteiger partial charge in [-0.05, 0) is 37.0 Å². The molecule has 1 fully saturated rings. The van der Waals surface area contributed by atoms with Crippen LogP contribution in [0.3, 0.4) is 0 Å². The van der Waals surface area contributed by atoms with E-state index in [0.29, 0.717) is 11.4 Å². The molecule has 1 amide bonds. The van der Waals surface area contributed by atoms with E-state index in [-0.39, 0.29) is 5.91 Å². The second-order valence-corrected chi connectivity index (χ2v) is 6.85. The molecule has 1 N–H and O–H groups in total. The van der Waals surface area contributed by atoms with Crippen LogP contribution < -0.4 is 5.43 Å². The number of nitrogens with zero attached hydrogens (tertiary/aromatic N) is 2. The molecule has 134 valence electrons. The van der Waals surface area contributed by atoms with E-state index in [1.807, 2.05) is 59.6 Å². The summed E-state index contributed by atoms with van der Waals surface area (Å²) in [6.45, 7) is 2.10. The molecule has 26 heavy (non-hydrogen) atoms. The summed E-state index contributed by atoms with van der Waals surface area (Å²) in [6, 6.07) is 17.6. The van der Waals surface area contributed by atoms with Crippen molar-refractivity contribution in [1.29, 1.82) is 0 Å². The Kier molecular flexibility index (Phi) is 4.37. The number of carbonyl (C=O) groups excluding carboxylic acids is 1. The largest absolute Gasteiger partial charge is 0.363 e. The average molecular weight is 349 g/mol. The lowest BCUT2D eigenvalue weighted by Gasteiger charge is -2.33. The molecule has 0 aromatic heterocycles. The maximum absolute atomic E-state index is 12.9. The maximum atomic E-state index is 12.9. The van der Waals surface area contributed by atoms with Crippen LogP contribution in [0.2, 0.25) is 0 Å². The van der Waals surface area contributed by atoms with Crippen LogP contribution in [0.1, 0.15) is 54.1 Å². The van der Waals surface area contributed by atoms with E-state index in [1.54, 1.807) is 0 Å². The molecule has 1 heterocycles. The number of benzene rings is 2. The molecule has 2 aromatic rings. The molecular formula is C21H23N3O2. The van der Waals surface area contributed by atoms with Gasteiger partial charge in [-0.3, -0.25) is 10.2 Å². The van der Waals surface area contributed by atoms with Crippen LogP contribution in [0.4, 0.5) is 0 Å². The SMILES string of the molecule is CCc1ccc(C(=O)NN2C(c3ccccc3)=NOC23CCCC3)cc1. The number of amidine groups is 1. The summed E-state index contributed by atoms with van der Waals surface area (Å²) < 4.78 is 0. The minimum atomic E-state index is -0.565. The fourth-order valence-electron chi connectivity index (χ4n) is 3.63. The van der Waals surface area contributed by atoms with Crippen LogP contribution in [0.25, 0.3) is 0 Å². The minimum absolute atomic E-state index is 0.145.